The van der Waals surface area contributed by atoms with Crippen molar-refractivity contribution in [1.82, 2.24) is 15.1 Å². The minimum Gasteiger partial charge on any atom is -0.353 e. The average molecular weight is 343 g/mol. The first-order chi connectivity index (χ1) is 11.2. The Kier molecular flexibility index (Phi) is 4.62. The van der Waals surface area contributed by atoms with Gasteiger partial charge in [0.1, 0.15) is 0 Å². The van der Waals surface area contributed by atoms with Crippen LogP contribution in [0.15, 0.2) is 6.07 Å². The predicted molar refractivity (Wildman–Crippen MR) is 83.1 cm³/mol. The minimum atomic E-state index is -4.45. The van der Waals surface area contributed by atoms with Gasteiger partial charge in [0.25, 0.3) is 0 Å². The van der Waals surface area contributed by atoms with Crippen LogP contribution in [0.3, 0.4) is 0 Å². The molecule has 2 fully saturated rings. The zero-order valence-electron chi connectivity index (χ0n) is 14.1. The maximum atomic E-state index is 12.6. The highest BCUT2D eigenvalue weighted by molar-refractivity contribution is 5.76. The van der Waals surface area contributed by atoms with E-state index in [1.54, 1.807) is 6.92 Å². The number of fused-ring (bicyclic) bond motifs is 2. The number of halogens is 3. The molecule has 24 heavy (non-hydrogen) atoms. The maximum Gasteiger partial charge on any atom is 0.435 e. The fourth-order valence-electron chi connectivity index (χ4n) is 4.42. The van der Waals surface area contributed by atoms with Crippen LogP contribution < -0.4 is 5.32 Å². The van der Waals surface area contributed by atoms with Crippen LogP contribution in [0, 0.1) is 24.7 Å². The zero-order chi connectivity index (χ0) is 17.5. The van der Waals surface area contributed by atoms with Gasteiger partial charge in [0.15, 0.2) is 5.69 Å². The summed E-state index contributed by atoms with van der Waals surface area (Å²) in [6.45, 7) is 3.78. The van der Waals surface area contributed by atoms with Gasteiger partial charge in [0, 0.05) is 24.7 Å². The molecule has 0 aliphatic heterocycles. The van der Waals surface area contributed by atoms with Crippen LogP contribution in [-0.2, 0) is 17.5 Å². The lowest BCUT2D eigenvalue weighted by atomic mass is 9.84. The molecule has 7 heteroatoms. The van der Waals surface area contributed by atoms with Crippen molar-refractivity contribution in [2.75, 3.05) is 0 Å². The van der Waals surface area contributed by atoms with Gasteiger partial charge in [0.05, 0.1) is 0 Å². The van der Waals surface area contributed by atoms with Gasteiger partial charge in [0.2, 0.25) is 5.91 Å². The number of aryl methyl sites for hydroxylation is 2. The van der Waals surface area contributed by atoms with E-state index in [0.717, 1.165) is 17.9 Å². The molecule has 4 nitrogen and oxygen atoms in total. The Hall–Kier alpha value is -1.53. The molecule has 0 unspecified atom stereocenters. The third-order valence-corrected chi connectivity index (χ3v) is 5.65. The van der Waals surface area contributed by atoms with Crippen LogP contribution in [0.5, 0.6) is 0 Å². The fourth-order valence-corrected chi connectivity index (χ4v) is 4.42. The van der Waals surface area contributed by atoms with E-state index in [9.17, 15) is 18.0 Å². The summed E-state index contributed by atoms with van der Waals surface area (Å²) in [5.74, 6) is 1.99. The number of aromatic nitrogens is 2. The highest BCUT2D eigenvalue weighted by Gasteiger charge is 2.42. The molecular formula is C17H24F3N3O. The topological polar surface area (TPSA) is 46.9 Å². The van der Waals surface area contributed by atoms with E-state index in [1.165, 1.54) is 30.4 Å². The number of hydrogen-bond acceptors (Lipinski definition) is 2. The van der Waals surface area contributed by atoms with Gasteiger partial charge in [-0.1, -0.05) is 6.42 Å². The van der Waals surface area contributed by atoms with Crippen LogP contribution in [0.4, 0.5) is 13.2 Å². The second kappa shape index (κ2) is 6.41. The lowest BCUT2D eigenvalue weighted by Crippen LogP contribution is -2.40. The fraction of sp³-hybridized carbons (Fsp3) is 0.765. The number of carbonyl (C=O) groups is 1. The van der Waals surface area contributed by atoms with Crippen LogP contribution >= 0.6 is 0 Å². The lowest BCUT2D eigenvalue weighted by molar-refractivity contribution is -0.141. The molecular weight excluding hydrogens is 319 g/mol. The molecule has 1 aromatic heterocycles. The summed E-state index contributed by atoms with van der Waals surface area (Å²) < 4.78 is 39.2. The molecule has 3 rings (SSSR count). The third-order valence-electron chi connectivity index (χ3n) is 5.65. The van der Waals surface area contributed by atoms with Gasteiger partial charge in [-0.3, -0.25) is 9.48 Å². The lowest BCUT2D eigenvalue weighted by Gasteiger charge is -2.28. The Balaban J connectivity index is 1.50. The third kappa shape index (κ3) is 3.59. The highest BCUT2D eigenvalue weighted by Crippen LogP contribution is 2.49. The van der Waals surface area contributed by atoms with Crippen molar-refractivity contribution in [3.63, 3.8) is 0 Å². The molecule has 1 amide bonds. The summed E-state index contributed by atoms with van der Waals surface area (Å²) in [6, 6.07) is 1.15. The number of hydrogen-bond donors (Lipinski definition) is 1. The van der Waals surface area contributed by atoms with Gasteiger partial charge >= 0.3 is 6.18 Å². The number of carbonyl (C=O) groups excluding carboxylic acids is 1. The van der Waals surface area contributed by atoms with Gasteiger partial charge in [-0.05, 0) is 56.9 Å². The first-order valence-electron chi connectivity index (χ1n) is 8.65. The Bertz CT molecular complexity index is 611. The quantitative estimate of drug-likeness (QED) is 0.889. The van der Waals surface area contributed by atoms with Crippen molar-refractivity contribution >= 4 is 5.91 Å². The molecule has 1 heterocycles. The normalized spacial score (nSPS) is 27.5. The number of amides is 1. The molecule has 134 valence electrons. The van der Waals surface area contributed by atoms with Crippen molar-refractivity contribution < 1.29 is 18.0 Å². The Labute approximate surface area is 139 Å². The van der Waals surface area contributed by atoms with E-state index in [4.69, 9.17) is 0 Å². The molecule has 2 aliphatic carbocycles. The first-order valence-corrected chi connectivity index (χ1v) is 8.65. The summed E-state index contributed by atoms with van der Waals surface area (Å²) in [5.41, 5.74) is -0.493. The SMILES string of the molecule is Cc1cc(C(F)(F)F)nn1CCC(=O)N[C@H](C)[C@@H]1C[C@@H]2CC[C@@H]1C2. The standard InChI is InChI=1S/C17H24F3N3O/c1-10-7-15(17(18,19)20)22-23(10)6-5-16(24)21-11(2)14-9-12-3-4-13(14)8-12/h7,11-14H,3-6,8-9H2,1-2H3,(H,21,24)/t11-,12-,13-,14+/m1/s1. The van der Waals surface area contributed by atoms with E-state index >= 15 is 0 Å². The summed E-state index contributed by atoms with van der Waals surface area (Å²) in [7, 11) is 0. The van der Waals surface area contributed by atoms with E-state index in [0.29, 0.717) is 11.6 Å². The van der Waals surface area contributed by atoms with Gasteiger partial charge in [-0.25, -0.2) is 0 Å². The summed E-state index contributed by atoms with van der Waals surface area (Å²) in [4.78, 5) is 12.1. The zero-order valence-corrected chi connectivity index (χ0v) is 14.1. The number of nitrogens with one attached hydrogen (secondary N) is 1. The molecule has 2 saturated carbocycles. The first kappa shape index (κ1) is 17.3. The smallest absolute Gasteiger partial charge is 0.353 e. The van der Waals surface area contributed by atoms with Crippen LogP contribution in [0.2, 0.25) is 0 Å². The van der Waals surface area contributed by atoms with Gasteiger partial charge < -0.3 is 5.32 Å². The minimum absolute atomic E-state index is 0.117. The maximum absolute atomic E-state index is 12.6. The average Bonchev–Trinajstić information content (AvgIpc) is 3.19. The molecule has 2 aliphatic rings. The van der Waals surface area contributed by atoms with Crippen LogP contribution in [0.25, 0.3) is 0 Å². The van der Waals surface area contributed by atoms with E-state index in [2.05, 4.69) is 10.4 Å². The second-order valence-electron chi connectivity index (χ2n) is 7.34. The van der Waals surface area contributed by atoms with Crippen LogP contribution in [-0.4, -0.2) is 21.7 Å². The van der Waals surface area contributed by atoms with Crippen molar-refractivity contribution in [3.8, 4) is 0 Å². The Morgan fingerprint density at radius 3 is 2.71 bits per heavy atom. The molecule has 4 atom stereocenters. The van der Waals surface area contributed by atoms with E-state index in [1.807, 2.05) is 6.92 Å². The largest absolute Gasteiger partial charge is 0.435 e. The highest BCUT2D eigenvalue weighted by atomic mass is 19.4. The molecule has 0 aromatic carbocycles. The summed E-state index contributed by atoms with van der Waals surface area (Å²) >= 11 is 0. The van der Waals surface area contributed by atoms with Crippen molar-refractivity contribution in [2.24, 2.45) is 17.8 Å². The second-order valence-corrected chi connectivity index (χ2v) is 7.34. The molecule has 1 N–H and O–H groups in total. The van der Waals surface area contributed by atoms with Gasteiger partial charge in [-0.15, -0.1) is 0 Å². The Morgan fingerprint density at radius 2 is 2.17 bits per heavy atom. The van der Waals surface area contributed by atoms with Crippen molar-refractivity contribution in [2.45, 2.75) is 64.7 Å². The van der Waals surface area contributed by atoms with E-state index < -0.39 is 11.9 Å². The summed E-state index contributed by atoms with van der Waals surface area (Å²) in [6.07, 6.45) is 0.765. The molecule has 0 saturated heterocycles. The Morgan fingerprint density at radius 1 is 1.42 bits per heavy atom. The van der Waals surface area contributed by atoms with Crippen LogP contribution in [0.1, 0.15) is 50.4 Å². The van der Waals surface area contributed by atoms with Gasteiger partial charge in [-0.2, -0.15) is 18.3 Å². The monoisotopic (exact) mass is 343 g/mol. The van der Waals surface area contributed by atoms with Crippen molar-refractivity contribution in [1.29, 1.82) is 0 Å². The number of nitrogens with zero attached hydrogens (tertiary/aromatic N) is 2. The molecule has 1 aromatic rings. The summed E-state index contributed by atoms with van der Waals surface area (Å²) in [5, 5.41) is 6.58. The molecule has 0 radical (unpaired) electrons. The number of rotatable bonds is 5. The number of alkyl halides is 3. The van der Waals surface area contributed by atoms with E-state index in [-0.39, 0.29) is 24.9 Å². The molecule has 2 bridgehead atoms. The predicted octanol–water partition coefficient (Wildman–Crippen LogP) is 3.54. The van der Waals surface area contributed by atoms with Crippen molar-refractivity contribution in [3.05, 3.63) is 17.5 Å². The molecule has 0 spiro atoms.